The number of hydrogen-bond acceptors (Lipinski definition) is 5. The molecule has 2 heterocycles. The summed E-state index contributed by atoms with van der Waals surface area (Å²) in [6, 6.07) is 7.54. The molecule has 1 aromatic carbocycles. The van der Waals surface area contributed by atoms with Crippen molar-refractivity contribution in [2.75, 3.05) is 31.5 Å². The fourth-order valence-electron chi connectivity index (χ4n) is 2.69. The van der Waals surface area contributed by atoms with Crippen LogP contribution in [0, 0.1) is 0 Å². The zero-order valence-electron chi connectivity index (χ0n) is 13.6. The molecule has 126 valence electrons. The number of nitrogens with one attached hydrogen (secondary N) is 1. The lowest BCUT2D eigenvalue weighted by molar-refractivity contribution is -0.130. The number of carbonyl (C=O) groups excluding carboxylic acids is 2. The van der Waals surface area contributed by atoms with E-state index in [4.69, 9.17) is 0 Å². The summed E-state index contributed by atoms with van der Waals surface area (Å²) in [6.07, 6.45) is 1.83. The third-order valence-corrected chi connectivity index (χ3v) is 4.85. The van der Waals surface area contributed by atoms with Crippen LogP contribution in [0.1, 0.15) is 22.2 Å². The van der Waals surface area contributed by atoms with Crippen molar-refractivity contribution in [1.29, 1.82) is 0 Å². The molecule has 24 heavy (non-hydrogen) atoms. The maximum Gasteiger partial charge on any atom is 0.254 e. The number of piperazine rings is 1. The molecule has 1 fully saturated rings. The normalized spacial score (nSPS) is 14.5. The molecule has 3 rings (SSSR count). The number of benzene rings is 1. The molecule has 2 amide bonds. The van der Waals surface area contributed by atoms with Crippen LogP contribution in [0.25, 0.3) is 0 Å². The van der Waals surface area contributed by atoms with Crippen molar-refractivity contribution in [3.63, 3.8) is 0 Å². The van der Waals surface area contributed by atoms with Gasteiger partial charge in [0.25, 0.3) is 5.91 Å². The van der Waals surface area contributed by atoms with Gasteiger partial charge in [-0.2, -0.15) is 0 Å². The Morgan fingerprint density at radius 2 is 1.96 bits per heavy atom. The molecule has 2 aromatic rings. The van der Waals surface area contributed by atoms with Gasteiger partial charge >= 0.3 is 0 Å². The molecule has 1 aromatic heterocycles. The second-order valence-corrected chi connectivity index (χ2v) is 6.67. The lowest BCUT2D eigenvalue weighted by Gasteiger charge is -2.34. The van der Waals surface area contributed by atoms with Crippen LogP contribution in [0.4, 0.5) is 5.69 Å². The third-order valence-electron chi connectivity index (χ3n) is 4.07. The summed E-state index contributed by atoms with van der Waals surface area (Å²) in [5.41, 5.74) is 3.38. The number of anilines is 1. The van der Waals surface area contributed by atoms with Crippen molar-refractivity contribution in [3.8, 4) is 0 Å². The Bertz CT molecular complexity index is 709. The van der Waals surface area contributed by atoms with Gasteiger partial charge in [0, 0.05) is 55.4 Å². The fourth-order valence-corrected chi connectivity index (χ4v) is 3.22. The van der Waals surface area contributed by atoms with Crippen molar-refractivity contribution < 1.29 is 9.59 Å². The number of amides is 2. The van der Waals surface area contributed by atoms with Crippen molar-refractivity contribution in [2.45, 2.75) is 13.5 Å². The molecular weight excluding hydrogens is 324 g/mol. The summed E-state index contributed by atoms with van der Waals surface area (Å²) in [7, 11) is 0. The van der Waals surface area contributed by atoms with Crippen LogP contribution < -0.4 is 5.32 Å². The van der Waals surface area contributed by atoms with Crippen LogP contribution in [-0.4, -0.2) is 52.8 Å². The molecule has 0 spiro atoms. The number of rotatable bonds is 4. The van der Waals surface area contributed by atoms with Crippen LogP contribution >= 0.6 is 11.3 Å². The Kier molecular flexibility index (Phi) is 5.10. The van der Waals surface area contributed by atoms with Gasteiger partial charge < -0.3 is 15.1 Å². The van der Waals surface area contributed by atoms with E-state index in [1.807, 2.05) is 35.4 Å². The SMILES string of the molecule is CC(=O)N1CCN(C(=O)c2cccc(NCc3cncs3)c2)CC1. The van der Waals surface area contributed by atoms with Crippen molar-refractivity contribution >= 4 is 28.8 Å². The summed E-state index contributed by atoms with van der Waals surface area (Å²) in [6.45, 7) is 4.62. The zero-order chi connectivity index (χ0) is 16.9. The summed E-state index contributed by atoms with van der Waals surface area (Å²) in [5.74, 6) is 0.0796. The molecule has 1 N–H and O–H groups in total. The lowest BCUT2D eigenvalue weighted by atomic mass is 10.1. The van der Waals surface area contributed by atoms with Gasteiger partial charge in [0.05, 0.1) is 12.1 Å². The van der Waals surface area contributed by atoms with Gasteiger partial charge in [-0.25, -0.2) is 0 Å². The second-order valence-electron chi connectivity index (χ2n) is 5.70. The number of aromatic nitrogens is 1. The fraction of sp³-hybridized carbons (Fsp3) is 0.353. The summed E-state index contributed by atoms with van der Waals surface area (Å²) >= 11 is 1.60. The molecule has 0 bridgehead atoms. The Balaban J connectivity index is 1.61. The number of nitrogens with zero attached hydrogens (tertiary/aromatic N) is 3. The minimum absolute atomic E-state index is 0.0136. The Labute approximate surface area is 145 Å². The highest BCUT2D eigenvalue weighted by Gasteiger charge is 2.23. The number of thiazole rings is 1. The number of hydrogen-bond donors (Lipinski definition) is 1. The van der Waals surface area contributed by atoms with Crippen LogP contribution in [0.15, 0.2) is 36.0 Å². The average Bonchev–Trinajstić information content (AvgIpc) is 3.13. The van der Waals surface area contributed by atoms with Crippen LogP contribution in [0.5, 0.6) is 0 Å². The van der Waals surface area contributed by atoms with E-state index in [1.165, 1.54) is 0 Å². The minimum Gasteiger partial charge on any atom is -0.380 e. The molecule has 7 heteroatoms. The summed E-state index contributed by atoms with van der Waals surface area (Å²) in [5, 5.41) is 3.31. The van der Waals surface area contributed by atoms with Gasteiger partial charge in [-0.3, -0.25) is 14.6 Å². The highest BCUT2D eigenvalue weighted by molar-refractivity contribution is 7.09. The second kappa shape index (κ2) is 7.44. The van der Waals surface area contributed by atoms with Crippen LogP contribution in [0.2, 0.25) is 0 Å². The van der Waals surface area contributed by atoms with Crippen molar-refractivity contribution in [3.05, 3.63) is 46.4 Å². The molecule has 0 aliphatic carbocycles. The molecule has 0 unspecified atom stereocenters. The van der Waals surface area contributed by atoms with E-state index < -0.39 is 0 Å². The quantitative estimate of drug-likeness (QED) is 0.922. The van der Waals surface area contributed by atoms with Gasteiger partial charge in [0.15, 0.2) is 0 Å². The third kappa shape index (κ3) is 3.91. The first-order chi connectivity index (χ1) is 11.6. The first kappa shape index (κ1) is 16.4. The monoisotopic (exact) mass is 344 g/mol. The summed E-state index contributed by atoms with van der Waals surface area (Å²) in [4.78, 5) is 32.8. The minimum atomic E-state index is 0.0136. The average molecular weight is 344 g/mol. The Morgan fingerprint density at radius 3 is 2.62 bits per heavy atom. The first-order valence-electron chi connectivity index (χ1n) is 7.89. The standard InChI is InChI=1S/C17H20N4O2S/c1-13(22)20-5-7-21(8-6-20)17(23)14-3-2-4-15(9-14)19-11-16-10-18-12-24-16/h2-4,9-10,12,19H,5-8,11H2,1H3. The largest absolute Gasteiger partial charge is 0.380 e. The van der Waals surface area contributed by atoms with E-state index in [0.29, 0.717) is 38.3 Å². The predicted octanol–water partition coefficient (Wildman–Crippen LogP) is 2.06. The maximum atomic E-state index is 12.6. The Hall–Kier alpha value is -2.41. The first-order valence-corrected chi connectivity index (χ1v) is 8.77. The van der Waals surface area contributed by atoms with E-state index in [0.717, 1.165) is 10.6 Å². The van der Waals surface area contributed by atoms with Crippen LogP contribution in [-0.2, 0) is 11.3 Å². The summed E-state index contributed by atoms with van der Waals surface area (Å²) < 4.78 is 0. The highest BCUT2D eigenvalue weighted by Crippen LogP contribution is 2.16. The maximum absolute atomic E-state index is 12.6. The molecule has 6 nitrogen and oxygen atoms in total. The van der Waals surface area contributed by atoms with E-state index in [1.54, 1.807) is 28.7 Å². The smallest absolute Gasteiger partial charge is 0.254 e. The zero-order valence-corrected chi connectivity index (χ0v) is 14.4. The van der Waals surface area contributed by atoms with Gasteiger partial charge in [-0.1, -0.05) is 6.07 Å². The predicted molar refractivity (Wildman–Crippen MR) is 94.0 cm³/mol. The van der Waals surface area contributed by atoms with Gasteiger partial charge in [-0.15, -0.1) is 11.3 Å². The van der Waals surface area contributed by atoms with Gasteiger partial charge in [0.1, 0.15) is 0 Å². The Morgan fingerprint density at radius 1 is 1.21 bits per heavy atom. The topological polar surface area (TPSA) is 65.5 Å². The van der Waals surface area contributed by atoms with E-state index in [9.17, 15) is 9.59 Å². The van der Waals surface area contributed by atoms with Crippen molar-refractivity contribution in [2.24, 2.45) is 0 Å². The molecule has 0 atom stereocenters. The molecule has 0 radical (unpaired) electrons. The van der Waals surface area contributed by atoms with Crippen molar-refractivity contribution in [1.82, 2.24) is 14.8 Å². The van der Waals surface area contributed by atoms with E-state index in [-0.39, 0.29) is 11.8 Å². The van der Waals surface area contributed by atoms with Gasteiger partial charge in [0.2, 0.25) is 5.91 Å². The molecule has 1 saturated heterocycles. The van der Waals surface area contributed by atoms with E-state index in [2.05, 4.69) is 10.3 Å². The lowest BCUT2D eigenvalue weighted by Crippen LogP contribution is -2.50. The van der Waals surface area contributed by atoms with Gasteiger partial charge in [-0.05, 0) is 18.2 Å². The molecular formula is C17H20N4O2S. The van der Waals surface area contributed by atoms with E-state index >= 15 is 0 Å². The highest BCUT2D eigenvalue weighted by atomic mass is 32.1. The molecule has 1 aliphatic heterocycles. The molecule has 1 aliphatic rings. The van der Waals surface area contributed by atoms with Crippen LogP contribution in [0.3, 0.4) is 0 Å². The molecule has 0 saturated carbocycles. The number of carbonyl (C=O) groups is 2.